The number of aromatic amines is 1. The molecule has 1 aliphatic rings. The molecule has 4 aromatic rings. The van der Waals surface area contributed by atoms with Gasteiger partial charge in [0.15, 0.2) is 5.82 Å². The van der Waals surface area contributed by atoms with Gasteiger partial charge in [-0.3, -0.25) is 9.69 Å². The van der Waals surface area contributed by atoms with E-state index < -0.39 is 0 Å². The standard InChI is InChI=1S/C26H29FN6O2/c1-35-23-11-12-24-19(14-23)13-20(26(34)28-24)16-32(15-18-7-9-21(27)10-8-18)17-25-29-30-31-33(25)22-5-3-2-4-6-22/h7-14,22H,2-6,15-17H2,1H3,(H,28,34). The number of rotatable bonds is 8. The van der Waals surface area contributed by atoms with E-state index in [1.807, 2.05) is 28.9 Å². The molecule has 182 valence electrons. The summed E-state index contributed by atoms with van der Waals surface area (Å²) < 4.78 is 20.8. The number of nitrogens with one attached hydrogen (secondary N) is 1. The first-order chi connectivity index (χ1) is 17.1. The molecule has 0 spiro atoms. The van der Waals surface area contributed by atoms with Gasteiger partial charge in [-0.05, 0) is 65.2 Å². The predicted octanol–water partition coefficient (Wildman–Crippen LogP) is 4.37. The summed E-state index contributed by atoms with van der Waals surface area (Å²) >= 11 is 0. The lowest BCUT2D eigenvalue weighted by Crippen LogP contribution is -2.29. The molecule has 0 unspecified atom stereocenters. The second-order valence-electron chi connectivity index (χ2n) is 9.18. The zero-order chi connectivity index (χ0) is 24.2. The quantitative estimate of drug-likeness (QED) is 0.406. The monoisotopic (exact) mass is 476 g/mol. The van der Waals surface area contributed by atoms with Crippen LogP contribution in [0.15, 0.2) is 53.3 Å². The van der Waals surface area contributed by atoms with Crippen molar-refractivity contribution in [2.45, 2.75) is 57.8 Å². The Balaban J connectivity index is 1.45. The molecule has 8 nitrogen and oxygen atoms in total. The molecule has 1 aliphatic carbocycles. The van der Waals surface area contributed by atoms with Crippen LogP contribution in [-0.4, -0.2) is 37.2 Å². The van der Waals surface area contributed by atoms with E-state index in [0.29, 0.717) is 31.2 Å². The summed E-state index contributed by atoms with van der Waals surface area (Å²) in [6, 6.07) is 14.2. The predicted molar refractivity (Wildman–Crippen MR) is 130 cm³/mol. The Morgan fingerprint density at radius 3 is 2.63 bits per heavy atom. The topological polar surface area (TPSA) is 88.9 Å². The molecule has 0 saturated heterocycles. The number of pyridine rings is 1. The van der Waals surface area contributed by atoms with Gasteiger partial charge in [0, 0.05) is 29.6 Å². The fourth-order valence-electron chi connectivity index (χ4n) is 4.86. The average molecular weight is 477 g/mol. The van der Waals surface area contributed by atoms with Crippen molar-refractivity contribution in [3.63, 3.8) is 0 Å². The molecular weight excluding hydrogens is 447 g/mol. The molecular formula is C26H29FN6O2. The molecule has 0 amide bonds. The minimum Gasteiger partial charge on any atom is -0.497 e. The Hall–Kier alpha value is -3.59. The zero-order valence-electron chi connectivity index (χ0n) is 19.8. The number of fused-ring (bicyclic) bond motifs is 1. The van der Waals surface area contributed by atoms with Crippen molar-refractivity contribution in [1.29, 1.82) is 0 Å². The van der Waals surface area contributed by atoms with Gasteiger partial charge in [0.1, 0.15) is 11.6 Å². The highest BCUT2D eigenvalue weighted by Gasteiger charge is 2.22. The third-order valence-electron chi connectivity index (χ3n) is 6.69. The fourth-order valence-corrected chi connectivity index (χ4v) is 4.86. The van der Waals surface area contributed by atoms with Crippen LogP contribution < -0.4 is 10.3 Å². The molecule has 1 fully saturated rings. The van der Waals surface area contributed by atoms with Crippen LogP contribution in [0.2, 0.25) is 0 Å². The third-order valence-corrected chi connectivity index (χ3v) is 6.69. The maximum atomic E-state index is 13.5. The van der Waals surface area contributed by atoms with E-state index >= 15 is 0 Å². The summed E-state index contributed by atoms with van der Waals surface area (Å²) in [5.74, 6) is 1.23. The van der Waals surface area contributed by atoms with Gasteiger partial charge in [0.25, 0.3) is 5.56 Å². The minimum atomic E-state index is -0.276. The Bertz CT molecular complexity index is 1340. The second-order valence-corrected chi connectivity index (χ2v) is 9.18. The molecule has 35 heavy (non-hydrogen) atoms. The van der Waals surface area contributed by atoms with E-state index in [1.165, 1.54) is 31.4 Å². The van der Waals surface area contributed by atoms with Crippen LogP contribution in [0, 0.1) is 5.82 Å². The van der Waals surface area contributed by atoms with E-state index in [0.717, 1.165) is 40.9 Å². The first-order valence-electron chi connectivity index (χ1n) is 12.0. The van der Waals surface area contributed by atoms with E-state index in [9.17, 15) is 9.18 Å². The van der Waals surface area contributed by atoms with Gasteiger partial charge in [0.05, 0.1) is 19.7 Å². The minimum absolute atomic E-state index is 0.140. The van der Waals surface area contributed by atoms with Gasteiger partial charge in [-0.2, -0.15) is 0 Å². The Morgan fingerprint density at radius 1 is 1.06 bits per heavy atom. The number of methoxy groups -OCH3 is 1. The first-order valence-corrected chi connectivity index (χ1v) is 12.0. The van der Waals surface area contributed by atoms with Gasteiger partial charge in [0.2, 0.25) is 0 Å². The summed E-state index contributed by atoms with van der Waals surface area (Å²) in [6.45, 7) is 1.38. The summed E-state index contributed by atoms with van der Waals surface area (Å²) in [5, 5.41) is 13.5. The van der Waals surface area contributed by atoms with E-state index in [2.05, 4.69) is 25.4 Å². The van der Waals surface area contributed by atoms with Crippen molar-refractivity contribution in [1.82, 2.24) is 30.1 Å². The van der Waals surface area contributed by atoms with Crippen LogP contribution in [-0.2, 0) is 19.6 Å². The number of benzene rings is 2. The highest BCUT2D eigenvalue weighted by Crippen LogP contribution is 2.28. The number of hydrogen-bond acceptors (Lipinski definition) is 6. The van der Waals surface area contributed by atoms with Crippen molar-refractivity contribution >= 4 is 10.9 Å². The SMILES string of the molecule is COc1ccc2[nH]c(=O)c(CN(Cc3ccc(F)cc3)Cc3nnnn3C3CCCCC3)cc2c1. The summed E-state index contributed by atoms with van der Waals surface area (Å²) in [7, 11) is 1.62. The number of ether oxygens (including phenoxy) is 1. The maximum absolute atomic E-state index is 13.5. The molecule has 0 aliphatic heterocycles. The molecule has 0 radical (unpaired) electrons. The molecule has 1 N–H and O–H groups in total. The van der Waals surface area contributed by atoms with Crippen LogP contribution in [0.1, 0.15) is 55.1 Å². The molecule has 2 aromatic heterocycles. The summed E-state index contributed by atoms with van der Waals surface area (Å²) in [6.07, 6.45) is 5.75. The van der Waals surface area contributed by atoms with E-state index in [1.54, 1.807) is 19.2 Å². The van der Waals surface area contributed by atoms with E-state index in [-0.39, 0.29) is 11.4 Å². The van der Waals surface area contributed by atoms with Crippen LogP contribution in [0.25, 0.3) is 10.9 Å². The Morgan fingerprint density at radius 2 is 1.86 bits per heavy atom. The van der Waals surface area contributed by atoms with Gasteiger partial charge in [-0.1, -0.05) is 31.4 Å². The smallest absolute Gasteiger partial charge is 0.252 e. The van der Waals surface area contributed by atoms with Crippen LogP contribution in [0.5, 0.6) is 5.75 Å². The second kappa shape index (κ2) is 10.4. The van der Waals surface area contributed by atoms with Gasteiger partial charge in [-0.15, -0.1) is 5.10 Å². The molecule has 0 atom stereocenters. The first kappa shape index (κ1) is 23.2. The van der Waals surface area contributed by atoms with Crippen molar-refractivity contribution in [2.75, 3.05) is 7.11 Å². The molecule has 1 saturated carbocycles. The van der Waals surface area contributed by atoms with Gasteiger partial charge >= 0.3 is 0 Å². The third kappa shape index (κ3) is 5.40. The summed E-state index contributed by atoms with van der Waals surface area (Å²) in [5.41, 5.74) is 2.19. The normalized spacial score (nSPS) is 14.6. The fraction of sp³-hybridized carbons (Fsp3) is 0.385. The largest absolute Gasteiger partial charge is 0.497 e. The Kier molecular flexibility index (Phi) is 6.85. The van der Waals surface area contributed by atoms with Crippen molar-refractivity contribution in [2.24, 2.45) is 0 Å². The highest BCUT2D eigenvalue weighted by atomic mass is 19.1. The van der Waals surface area contributed by atoms with Crippen molar-refractivity contribution in [3.05, 3.63) is 81.7 Å². The van der Waals surface area contributed by atoms with E-state index in [4.69, 9.17) is 4.74 Å². The number of aromatic nitrogens is 5. The molecule has 2 heterocycles. The Labute approximate surface area is 202 Å². The zero-order valence-corrected chi connectivity index (χ0v) is 19.8. The molecule has 9 heteroatoms. The van der Waals surface area contributed by atoms with Gasteiger partial charge < -0.3 is 9.72 Å². The van der Waals surface area contributed by atoms with Crippen LogP contribution in [0.4, 0.5) is 4.39 Å². The van der Waals surface area contributed by atoms with Crippen LogP contribution >= 0.6 is 0 Å². The highest BCUT2D eigenvalue weighted by molar-refractivity contribution is 5.80. The van der Waals surface area contributed by atoms with Crippen molar-refractivity contribution < 1.29 is 9.13 Å². The molecule has 0 bridgehead atoms. The van der Waals surface area contributed by atoms with Gasteiger partial charge in [-0.25, -0.2) is 9.07 Å². The number of H-pyrrole nitrogens is 1. The lowest BCUT2D eigenvalue weighted by molar-refractivity contribution is 0.225. The number of halogens is 1. The number of nitrogens with zero attached hydrogens (tertiary/aromatic N) is 5. The van der Waals surface area contributed by atoms with Crippen molar-refractivity contribution in [3.8, 4) is 5.75 Å². The lowest BCUT2D eigenvalue weighted by Gasteiger charge is -2.25. The van der Waals surface area contributed by atoms with Crippen LogP contribution in [0.3, 0.4) is 0 Å². The maximum Gasteiger partial charge on any atom is 0.252 e. The average Bonchev–Trinajstić information content (AvgIpc) is 3.34. The number of hydrogen-bond donors (Lipinski definition) is 1. The summed E-state index contributed by atoms with van der Waals surface area (Å²) in [4.78, 5) is 18.0. The number of tetrazole rings is 1. The molecule has 5 rings (SSSR count). The molecule has 2 aromatic carbocycles. The lowest BCUT2D eigenvalue weighted by atomic mass is 9.95.